The predicted octanol–water partition coefficient (Wildman–Crippen LogP) is 18.8. The fraction of sp³-hybridized carbons (Fsp3) is 0.957. The third kappa shape index (κ3) is 52.1. The number of hydrogen-bond acceptors (Lipinski definition) is 24. The van der Waals surface area contributed by atoms with Gasteiger partial charge in [0.25, 0.3) is 0 Å². The summed E-state index contributed by atoms with van der Waals surface area (Å²) in [7, 11) is -5.80. The number of aliphatic hydroxyl groups excluding tert-OH is 9. The van der Waals surface area contributed by atoms with Gasteiger partial charge in [0.05, 0.1) is 13.2 Å². The fourth-order valence-electron chi connectivity index (χ4n) is 16.6. The van der Waals surface area contributed by atoms with Crippen LogP contribution in [0.3, 0.4) is 0 Å². The molecule has 0 radical (unpaired) electrons. The second kappa shape index (κ2) is 72.4. The zero-order valence-corrected chi connectivity index (χ0v) is 76.7. The highest BCUT2D eigenvalue weighted by Gasteiger charge is 2.60. The molecule has 2 aliphatic heterocycles. The third-order valence-corrected chi connectivity index (χ3v) is 25.5. The average Bonchev–Trinajstić information content (AvgIpc) is 0.753. The van der Waals surface area contributed by atoms with E-state index in [0.29, 0.717) is 38.0 Å². The fourth-order valence-corrected chi connectivity index (χ4v) is 17.6. The van der Waals surface area contributed by atoms with Crippen molar-refractivity contribution in [2.24, 2.45) is 5.92 Å². The van der Waals surface area contributed by atoms with Gasteiger partial charge in [0.2, 0.25) is 0 Å². The number of rotatable bonds is 80. The molecule has 1 saturated carbocycles. The quantitative estimate of drug-likeness (QED) is 0.0117. The van der Waals surface area contributed by atoms with Gasteiger partial charge in [0, 0.05) is 25.7 Å². The summed E-state index contributed by atoms with van der Waals surface area (Å²) in [6.45, 7) is 7.98. The Hall–Kier alpha value is -2.53. The first kappa shape index (κ1) is 112. The van der Waals surface area contributed by atoms with Crippen molar-refractivity contribution in [2.75, 3.05) is 26.4 Å². The SMILES string of the molecule is CCCCCCCCCCCCCCCCCCC(=O)OC(COC(=O)CCCCCCCCCCCCCCC)COP(=O)(O)OC1C(OC2OC(CO)C(O)C(O)C2O)C(O)C(O)C(OC(=O)CCCCCCCCCCCCCCCCCC)C1OC1OC(COC(=O)CCCCCCCCC(C)CCCCCCCC)C(O)C(O)C1O. The molecule has 708 valence electrons. The molecule has 0 aromatic carbocycles. The second-order valence-corrected chi connectivity index (χ2v) is 37.0. The molecule has 0 amide bonds. The van der Waals surface area contributed by atoms with Crippen LogP contribution in [-0.2, 0) is 70.7 Å². The Kier molecular flexibility index (Phi) is 67.3. The Morgan fingerprint density at radius 1 is 0.325 bits per heavy atom. The van der Waals surface area contributed by atoms with E-state index < -0.39 is 162 Å². The van der Waals surface area contributed by atoms with E-state index in [1.54, 1.807) is 0 Å². The minimum absolute atomic E-state index is 0.0174. The molecule has 19 atom stereocenters. The number of aliphatic hydroxyl groups is 9. The zero-order valence-electron chi connectivity index (χ0n) is 75.8. The van der Waals surface area contributed by atoms with Crippen LogP contribution < -0.4 is 0 Å². The number of carbonyl (C=O) groups is 4. The van der Waals surface area contributed by atoms with E-state index >= 15 is 0 Å². The van der Waals surface area contributed by atoms with Crippen molar-refractivity contribution < 1.29 is 122 Å². The maximum Gasteiger partial charge on any atom is 0.472 e. The van der Waals surface area contributed by atoms with Gasteiger partial charge in [-0.15, -0.1) is 0 Å². The van der Waals surface area contributed by atoms with Crippen molar-refractivity contribution in [1.82, 2.24) is 0 Å². The maximum absolute atomic E-state index is 14.9. The normalized spacial score (nSPS) is 24.9. The summed E-state index contributed by atoms with van der Waals surface area (Å²) in [6.07, 6.45) is 29.3. The zero-order chi connectivity index (χ0) is 87.6. The van der Waals surface area contributed by atoms with Gasteiger partial charge in [0.1, 0.15) is 92.6 Å². The molecule has 0 spiro atoms. The van der Waals surface area contributed by atoms with E-state index in [-0.39, 0.29) is 25.7 Å². The lowest BCUT2D eigenvalue weighted by atomic mass is 9.84. The molecular formula is C94H177O25P. The summed E-state index contributed by atoms with van der Waals surface area (Å²) < 4.78 is 73.6. The standard InChI is InChI=1S/C94H177O25P/c1-6-10-14-18-22-25-28-31-33-35-38-41-44-47-55-61-67-79(98)113-74(70-110-77(96)65-59-53-46-43-40-37-30-27-24-20-16-12-8-3)71-112-120(108,109)119-92-90(117-93-87(106)83(102)81(100)75(69-95)114-93)86(105)85(104)89(116-80(99)68-62-56-48-45-42-39-36-34-32-29-26-23-19-15-11-7-2)91(92)118-94-88(107)84(103)82(101)76(115-94)72-111-78(97)66-60-54-50-49-52-58-64-73(5)63-57-51-21-17-13-9-4/h73-76,81-95,100-107H,6-72H2,1-5H3,(H,108,109). The van der Waals surface area contributed by atoms with E-state index in [0.717, 1.165) is 128 Å². The predicted molar refractivity (Wildman–Crippen MR) is 467 cm³/mol. The molecule has 10 N–H and O–H groups in total. The van der Waals surface area contributed by atoms with Crippen LogP contribution in [0.1, 0.15) is 439 Å². The Bertz CT molecular complexity index is 2500. The van der Waals surface area contributed by atoms with Crippen molar-refractivity contribution in [3.8, 4) is 0 Å². The van der Waals surface area contributed by atoms with Crippen LogP contribution >= 0.6 is 7.82 Å². The van der Waals surface area contributed by atoms with Gasteiger partial charge in [-0.25, -0.2) is 4.57 Å². The van der Waals surface area contributed by atoms with Crippen molar-refractivity contribution in [2.45, 2.75) is 543 Å². The van der Waals surface area contributed by atoms with E-state index in [4.69, 9.17) is 46.9 Å². The molecule has 1 aliphatic carbocycles. The van der Waals surface area contributed by atoms with E-state index in [2.05, 4.69) is 34.6 Å². The first-order valence-corrected chi connectivity index (χ1v) is 50.7. The van der Waals surface area contributed by atoms with Crippen molar-refractivity contribution >= 4 is 31.7 Å². The molecule has 0 aromatic rings. The summed E-state index contributed by atoms with van der Waals surface area (Å²) >= 11 is 0. The molecule has 2 heterocycles. The Morgan fingerprint density at radius 3 is 0.992 bits per heavy atom. The van der Waals surface area contributed by atoms with E-state index in [1.165, 1.54) is 218 Å². The van der Waals surface area contributed by atoms with Crippen LogP contribution in [0, 0.1) is 5.92 Å². The number of ether oxygens (including phenoxy) is 8. The van der Waals surface area contributed by atoms with Gasteiger partial charge < -0.3 is 88.7 Å². The molecule has 3 rings (SSSR count). The Labute approximate surface area is 725 Å². The molecule has 26 heteroatoms. The smallest absolute Gasteiger partial charge is 0.463 e. The Morgan fingerprint density at radius 2 is 0.625 bits per heavy atom. The lowest BCUT2D eigenvalue weighted by molar-refractivity contribution is -0.360. The molecule has 120 heavy (non-hydrogen) atoms. The van der Waals surface area contributed by atoms with E-state index in [1.807, 2.05) is 0 Å². The summed E-state index contributed by atoms with van der Waals surface area (Å²) in [5.41, 5.74) is 0. The summed E-state index contributed by atoms with van der Waals surface area (Å²) in [5, 5.41) is 103. The summed E-state index contributed by atoms with van der Waals surface area (Å²) in [5.74, 6) is -2.25. The number of hydrogen-bond donors (Lipinski definition) is 10. The summed E-state index contributed by atoms with van der Waals surface area (Å²) in [6, 6.07) is 0. The lowest BCUT2D eigenvalue weighted by Crippen LogP contribution is -2.70. The number of esters is 4. The molecule has 3 fully saturated rings. The van der Waals surface area contributed by atoms with Crippen LogP contribution in [0.25, 0.3) is 0 Å². The number of phosphoric acid groups is 1. The molecular weight excluding hydrogens is 1560 g/mol. The number of phosphoric ester groups is 1. The Balaban J connectivity index is 1.91. The molecule has 0 aromatic heterocycles. The topological polar surface area (TPSA) is 380 Å². The molecule has 2 saturated heterocycles. The largest absolute Gasteiger partial charge is 0.472 e. The monoisotopic (exact) mass is 1740 g/mol. The van der Waals surface area contributed by atoms with Crippen LogP contribution in [0.5, 0.6) is 0 Å². The van der Waals surface area contributed by atoms with Gasteiger partial charge in [-0.1, -0.05) is 388 Å². The van der Waals surface area contributed by atoms with Gasteiger partial charge in [-0.2, -0.15) is 0 Å². The molecule has 3 aliphatic rings. The second-order valence-electron chi connectivity index (χ2n) is 35.6. The minimum atomic E-state index is -5.80. The molecule has 25 nitrogen and oxygen atoms in total. The van der Waals surface area contributed by atoms with Crippen LogP contribution in [0.2, 0.25) is 0 Å². The number of carbonyl (C=O) groups excluding carboxylic acids is 4. The van der Waals surface area contributed by atoms with E-state index in [9.17, 15) is 74.6 Å². The van der Waals surface area contributed by atoms with Crippen LogP contribution in [0.15, 0.2) is 0 Å². The number of unbranched alkanes of at least 4 members (excludes halogenated alkanes) is 52. The first-order chi connectivity index (χ1) is 58.1. The third-order valence-electron chi connectivity index (χ3n) is 24.5. The first-order valence-electron chi connectivity index (χ1n) is 49.2. The summed E-state index contributed by atoms with van der Waals surface area (Å²) in [4.78, 5) is 66.6. The van der Waals surface area contributed by atoms with Crippen molar-refractivity contribution in [3.05, 3.63) is 0 Å². The van der Waals surface area contributed by atoms with Crippen molar-refractivity contribution in [3.63, 3.8) is 0 Å². The highest BCUT2D eigenvalue weighted by molar-refractivity contribution is 7.47. The lowest BCUT2D eigenvalue weighted by Gasteiger charge is -2.50. The van der Waals surface area contributed by atoms with Gasteiger partial charge in [0.15, 0.2) is 24.8 Å². The molecule has 0 bridgehead atoms. The van der Waals surface area contributed by atoms with Crippen LogP contribution in [-0.4, -0.2) is 205 Å². The van der Waals surface area contributed by atoms with Crippen LogP contribution in [0.4, 0.5) is 0 Å². The maximum atomic E-state index is 14.9. The highest BCUT2D eigenvalue weighted by Crippen LogP contribution is 2.49. The van der Waals surface area contributed by atoms with Gasteiger partial charge in [-0.05, 0) is 31.6 Å². The van der Waals surface area contributed by atoms with Crippen molar-refractivity contribution in [1.29, 1.82) is 0 Å². The van der Waals surface area contributed by atoms with Gasteiger partial charge in [-0.3, -0.25) is 28.2 Å². The average molecular weight is 1740 g/mol. The molecule has 19 unspecified atom stereocenters. The highest BCUT2D eigenvalue weighted by atomic mass is 31.2. The van der Waals surface area contributed by atoms with Gasteiger partial charge >= 0.3 is 31.7 Å². The minimum Gasteiger partial charge on any atom is -0.463 e.